The molecule has 1 heterocycles. The summed E-state index contributed by atoms with van der Waals surface area (Å²) in [4.78, 5) is 0. The number of nitrogens with one attached hydrogen (secondary N) is 1. The molecule has 0 saturated carbocycles. The number of rotatable bonds is 6. The Morgan fingerprint density at radius 2 is 1.96 bits per heavy atom. The fourth-order valence-electron chi connectivity index (χ4n) is 1.66. The van der Waals surface area contributed by atoms with Crippen molar-refractivity contribution in [3.05, 3.63) is 46.3 Å². The standard InChI is InChI=1S/C13H11ClF3NO3S2/c14-11-4-5-12(22-11)23(19,20)18-10-3-1-2-9(6-10)7-21-8-13(15,16)17/h1-6,18H,7-8H2. The van der Waals surface area contributed by atoms with Crippen molar-refractivity contribution in [2.24, 2.45) is 0 Å². The Kier molecular flexibility index (Phi) is 5.56. The smallest absolute Gasteiger partial charge is 0.367 e. The fraction of sp³-hybridized carbons (Fsp3) is 0.231. The quantitative estimate of drug-likeness (QED) is 0.807. The molecule has 126 valence electrons. The molecule has 0 aliphatic carbocycles. The van der Waals surface area contributed by atoms with E-state index in [0.29, 0.717) is 9.90 Å². The summed E-state index contributed by atoms with van der Waals surface area (Å²) >= 11 is 6.61. The summed E-state index contributed by atoms with van der Waals surface area (Å²) in [5.74, 6) is 0. The molecule has 0 unspecified atom stereocenters. The number of alkyl halides is 3. The normalized spacial score (nSPS) is 12.3. The number of thiophene rings is 1. The molecule has 4 nitrogen and oxygen atoms in total. The second-order valence-electron chi connectivity index (χ2n) is 4.47. The van der Waals surface area contributed by atoms with Crippen molar-refractivity contribution < 1.29 is 26.3 Å². The van der Waals surface area contributed by atoms with Gasteiger partial charge in [0.1, 0.15) is 10.8 Å². The van der Waals surface area contributed by atoms with Crippen LogP contribution in [0.1, 0.15) is 5.56 Å². The summed E-state index contributed by atoms with van der Waals surface area (Å²) in [5, 5.41) is 0. The highest BCUT2D eigenvalue weighted by Crippen LogP contribution is 2.27. The zero-order valence-corrected chi connectivity index (χ0v) is 13.8. The largest absolute Gasteiger partial charge is 0.411 e. The maximum Gasteiger partial charge on any atom is 0.411 e. The lowest BCUT2D eigenvalue weighted by molar-refractivity contribution is -0.176. The Morgan fingerprint density at radius 1 is 1.22 bits per heavy atom. The first-order valence-electron chi connectivity index (χ1n) is 6.17. The van der Waals surface area contributed by atoms with Crippen LogP contribution in [-0.2, 0) is 21.4 Å². The Bertz CT molecular complexity index is 775. The minimum atomic E-state index is -4.41. The van der Waals surface area contributed by atoms with E-state index in [1.165, 1.54) is 36.4 Å². The van der Waals surface area contributed by atoms with Gasteiger partial charge in [-0.15, -0.1) is 11.3 Å². The summed E-state index contributed by atoms with van der Waals surface area (Å²) < 4.78 is 67.6. The number of halogens is 4. The van der Waals surface area contributed by atoms with E-state index in [0.717, 1.165) is 11.3 Å². The van der Waals surface area contributed by atoms with Crippen LogP contribution in [0.3, 0.4) is 0 Å². The average Bonchev–Trinajstić information content (AvgIpc) is 2.85. The van der Waals surface area contributed by atoms with Gasteiger partial charge in [-0.1, -0.05) is 23.7 Å². The number of anilines is 1. The minimum Gasteiger partial charge on any atom is -0.367 e. The van der Waals surface area contributed by atoms with Gasteiger partial charge in [0, 0.05) is 5.69 Å². The maximum absolute atomic E-state index is 12.1. The summed E-state index contributed by atoms with van der Waals surface area (Å²) in [7, 11) is -3.79. The second-order valence-corrected chi connectivity index (χ2v) is 8.10. The molecule has 2 aromatic rings. The van der Waals surface area contributed by atoms with Crippen molar-refractivity contribution in [1.29, 1.82) is 0 Å². The van der Waals surface area contributed by atoms with Gasteiger partial charge in [-0.2, -0.15) is 13.2 Å². The highest BCUT2D eigenvalue weighted by molar-refractivity contribution is 7.94. The van der Waals surface area contributed by atoms with Gasteiger partial charge in [-0.3, -0.25) is 4.72 Å². The number of hydrogen-bond donors (Lipinski definition) is 1. The van der Waals surface area contributed by atoms with E-state index < -0.39 is 22.8 Å². The fourth-order valence-corrected chi connectivity index (χ4v) is 4.19. The lowest BCUT2D eigenvalue weighted by atomic mass is 10.2. The predicted molar refractivity (Wildman–Crippen MR) is 82.3 cm³/mol. The number of benzene rings is 1. The Morgan fingerprint density at radius 3 is 2.57 bits per heavy atom. The van der Waals surface area contributed by atoms with Gasteiger partial charge in [0.05, 0.1) is 10.9 Å². The van der Waals surface area contributed by atoms with E-state index in [9.17, 15) is 21.6 Å². The van der Waals surface area contributed by atoms with Crippen molar-refractivity contribution in [3.63, 3.8) is 0 Å². The van der Waals surface area contributed by atoms with E-state index in [4.69, 9.17) is 11.6 Å². The van der Waals surface area contributed by atoms with Crippen molar-refractivity contribution in [2.45, 2.75) is 17.0 Å². The molecule has 23 heavy (non-hydrogen) atoms. The summed E-state index contributed by atoms with van der Waals surface area (Å²) in [5.41, 5.74) is 0.640. The van der Waals surface area contributed by atoms with Crippen LogP contribution >= 0.6 is 22.9 Å². The number of ether oxygens (including phenoxy) is 1. The molecule has 0 radical (unpaired) electrons. The lowest BCUT2D eigenvalue weighted by Crippen LogP contribution is -2.16. The third-order valence-corrected chi connectivity index (χ3v) is 5.63. The van der Waals surface area contributed by atoms with E-state index >= 15 is 0 Å². The van der Waals surface area contributed by atoms with Gasteiger partial charge in [-0.05, 0) is 29.8 Å². The van der Waals surface area contributed by atoms with Crippen molar-refractivity contribution in [3.8, 4) is 0 Å². The SMILES string of the molecule is O=S(=O)(Nc1cccc(COCC(F)(F)F)c1)c1ccc(Cl)s1. The molecular formula is C13H11ClF3NO3S2. The topological polar surface area (TPSA) is 55.4 Å². The van der Waals surface area contributed by atoms with Crippen LogP contribution in [0, 0.1) is 0 Å². The van der Waals surface area contributed by atoms with Gasteiger partial charge in [-0.25, -0.2) is 8.42 Å². The molecule has 0 saturated heterocycles. The Balaban J connectivity index is 2.05. The predicted octanol–water partition coefficient (Wildman–Crippen LogP) is 4.28. The molecule has 1 aromatic heterocycles. The minimum absolute atomic E-state index is 0.0428. The van der Waals surface area contributed by atoms with E-state index in [2.05, 4.69) is 9.46 Å². The van der Waals surface area contributed by atoms with Crippen LogP contribution in [0.5, 0.6) is 0 Å². The molecule has 0 atom stereocenters. The van der Waals surface area contributed by atoms with Gasteiger partial charge < -0.3 is 4.74 Å². The molecule has 10 heteroatoms. The zero-order chi connectivity index (χ0) is 17.1. The van der Waals surface area contributed by atoms with Gasteiger partial charge in [0.2, 0.25) is 0 Å². The molecule has 0 aliphatic rings. The number of hydrogen-bond acceptors (Lipinski definition) is 4. The van der Waals surface area contributed by atoms with Crippen LogP contribution in [0.15, 0.2) is 40.6 Å². The first kappa shape index (κ1) is 18.1. The second kappa shape index (κ2) is 7.08. The molecule has 1 aromatic carbocycles. The van der Waals surface area contributed by atoms with E-state index in [-0.39, 0.29) is 16.5 Å². The highest BCUT2D eigenvalue weighted by atomic mass is 35.5. The Labute approximate surface area is 139 Å². The van der Waals surface area contributed by atoms with Crippen LogP contribution < -0.4 is 4.72 Å². The van der Waals surface area contributed by atoms with Crippen LogP contribution in [0.25, 0.3) is 0 Å². The maximum atomic E-state index is 12.1. The van der Waals surface area contributed by atoms with Crippen LogP contribution in [0.4, 0.5) is 18.9 Å². The van der Waals surface area contributed by atoms with Gasteiger partial charge in [0.15, 0.2) is 0 Å². The zero-order valence-electron chi connectivity index (χ0n) is 11.4. The van der Waals surface area contributed by atoms with Crippen molar-refractivity contribution in [2.75, 3.05) is 11.3 Å². The molecule has 2 rings (SSSR count). The molecule has 0 spiro atoms. The van der Waals surface area contributed by atoms with Gasteiger partial charge in [0.25, 0.3) is 10.0 Å². The third kappa shape index (κ3) is 5.69. The number of sulfonamides is 1. The molecule has 0 amide bonds. The first-order chi connectivity index (χ1) is 10.7. The van der Waals surface area contributed by atoms with E-state index in [1.54, 1.807) is 0 Å². The molecule has 0 bridgehead atoms. The van der Waals surface area contributed by atoms with Crippen LogP contribution in [-0.4, -0.2) is 21.2 Å². The summed E-state index contributed by atoms with van der Waals surface area (Å²) in [6, 6.07) is 8.78. The van der Waals surface area contributed by atoms with Crippen molar-refractivity contribution >= 4 is 38.6 Å². The summed E-state index contributed by atoms with van der Waals surface area (Å²) in [6.07, 6.45) is -4.41. The first-order valence-corrected chi connectivity index (χ1v) is 8.85. The molecule has 0 fully saturated rings. The average molecular weight is 386 g/mol. The Hall–Kier alpha value is -1.29. The highest BCUT2D eigenvalue weighted by Gasteiger charge is 2.27. The van der Waals surface area contributed by atoms with Gasteiger partial charge >= 0.3 is 6.18 Å². The third-order valence-electron chi connectivity index (χ3n) is 2.53. The molecular weight excluding hydrogens is 375 g/mol. The molecule has 1 N–H and O–H groups in total. The monoisotopic (exact) mass is 385 g/mol. The van der Waals surface area contributed by atoms with E-state index in [1.807, 2.05) is 0 Å². The van der Waals surface area contributed by atoms with Crippen LogP contribution in [0.2, 0.25) is 4.34 Å². The van der Waals surface area contributed by atoms with Crippen molar-refractivity contribution in [1.82, 2.24) is 0 Å². The molecule has 0 aliphatic heterocycles. The lowest BCUT2D eigenvalue weighted by Gasteiger charge is -2.10. The summed E-state index contributed by atoms with van der Waals surface area (Å²) in [6.45, 7) is -1.64.